The maximum Gasteiger partial charge on any atom is 0.416 e. The zero-order valence-corrected chi connectivity index (χ0v) is 22.1. The van der Waals surface area contributed by atoms with Crippen LogP contribution >= 0.6 is 27.7 Å². The van der Waals surface area contributed by atoms with Crippen LogP contribution in [0.2, 0.25) is 0 Å². The number of benzene rings is 3. The lowest BCUT2D eigenvalue weighted by Crippen LogP contribution is -2.45. The smallest absolute Gasteiger partial charge is 0.416 e. The van der Waals surface area contributed by atoms with Crippen LogP contribution in [-0.2, 0) is 21.5 Å². The molecule has 6 nitrogen and oxygen atoms in total. The molecule has 0 aliphatic heterocycles. The molecule has 198 valence electrons. The highest BCUT2D eigenvalue weighted by atomic mass is 79.9. The SMILES string of the molecule is O=C(N[C@@H](CSCc1ccccc1)C(=O)O)C(=Cc1ccc(Br)cc1)NC(=O)c1ccc(C(F)(F)F)cc1. The lowest BCUT2D eigenvalue weighted by atomic mass is 10.1. The van der Waals surface area contributed by atoms with Crippen molar-refractivity contribution in [3.63, 3.8) is 0 Å². The van der Waals surface area contributed by atoms with E-state index >= 15 is 0 Å². The molecule has 2 amide bonds. The van der Waals surface area contributed by atoms with Crippen LogP contribution in [0.15, 0.2) is 89.0 Å². The minimum absolute atomic E-state index is 0.0639. The van der Waals surface area contributed by atoms with Crippen molar-refractivity contribution in [3.8, 4) is 0 Å². The number of thioether (sulfide) groups is 1. The second-order valence-corrected chi connectivity index (χ2v) is 9.95. The number of carbonyl (C=O) groups is 3. The first-order chi connectivity index (χ1) is 18.0. The number of hydrogen-bond acceptors (Lipinski definition) is 4. The molecule has 38 heavy (non-hydrogen) atoms. The molecule has 3 rings (SSSR count). The summed E-state index contributed by atoms with van der Waals surface area (Å²) in [7, 11) is 0. The van der Waals surface area contributed by atoms with E-state index in [1.807, 2.05) is 30.3 Å². The number of hydrogen-bond donors (Lipinski definition) is 3. The van der Waals surface area contributed by atoms with E-state index in [0.29, 0.717) is 11.3 Å². The largest absolute Gasteiger partial charge is 0.480 e. The average Bonchev–Trinajstić information content (AvgIpc) is 2.89. The van der Waals surface area contributed by atoms with E-state index < -0.39 is 35.6 Å². The molecule has 0 saturated heterocycles. The summed E-state index contributed by atoms with van der Waals surface area (Å²) in [5, 5.41) is 14.5. The predicted molar refractivity (Wildman–Crippen MR) is 143 cm³/mol. The van der Waals surface area contributed by atoms with Crippen molar-refractivity contribution in [2.45, 2.75) is 18.0 Å². The number of carboxylic acids is 1. The predicted octanol–water partition coefficient (Wildman–Crippen LogP) is 5.74. The Morgan fingerprint density at radius 1 is 0.947 bits per heavy atom. The molecule has 0 saturated carbocycles. The van der Waals surface area contributed by atoms with Crippen LogP contribution in [0.5, 0.6) is 0 Å². The fourth-order valence-electron chi connectivity index (χ4n) is 3.17. The molecule has 1 atom stereocenters. The molecule has 11 heteroatoms. The van der Waals surface area contributed by atoms with E-state index in [0.717, 1.165) is 34.3 Å². The van der Waals surface area contributed by atoms with Crippen molar-refractivity contribution in [2.75, 3.05) is 5.75 Å². The zero-order chi connectivity index (χ0) is 27.7. The fourth-order valence-corrected chi connectivity index (χ4v) is 4.44. The van der Waals surface area contributed by atoms with Gasteiger partial charge in [0.15, 0.2) is 0 Å². The fraction of sp³-hybridized carbons (Fsp3) is 0.148. The minimum atomic E-state index is -4.56. The summed E-state index contributed by atoms with van der Waals surface area (Å²) >= 11 is 4.62. The monoisotopic (exact) mass is 606 g/mol. The number of rotatable bonds is 10. The summed E-state index contributed by atoms with van der Waals surface area (Å²) < 4.78 is 39.4. The quantitative estimate of drug-likeness (QED) is 0.256. The van der Waals surface area contributed by atoms with E-state index in [4.69, 9.17) is 0 Å². The van der Waals surface area contributed by atoms with Crippen LogP contribution in [0.25, 0.3) is 6.08 Å². The van der Waals surface area contributed by atoms with Gasteiger partial charge in [-0.05, 0) is 53.6 Å². The van der Waals surface area contributed by atoms with Crippen LogP contribution in [0, 0.1) is 0 Å². The average molecular weight is 607 g/mol. The third kappa shape index (κ3) is 8.77. The van der Waals surface area contributed by atoms with Gasteiger partial charge in [0.05, 0.1) is 5.56 Å². The van der Waals surface area contributed by atoms with Gasteiger partial charge in [0.1, 0.15) is 11.7 Å². The number of carbonyl (C=O) groups excluding carboxylic acids is 2. The van der Waals surface area contributed by atoms with E-state index in [-0.39, 0.29) is 17.0 Å². The number of alkyl halides is 3. The second kappa shape index (κ2) is 13.3. The van der Waals surface area contributed by atoms with Crippen molar-refractivity contribution in [2.24, 2.45) is 0 Å². The third-order valence-corrected chi connectivity index (χ3v) is 6.78. The Morgan fingerprint density at radius 3 is 2.16 bits per heavy atom. The Kier molecular flexibility index (Phi) is 10.1. The standard InChI is InChI=1S/C27H22BrF3N2O4S/c28-21-12-6-17(7-13-21)14-22(32-24(34)19-8-10-20(11-9-19)27(29,30)31)25(35)33-23(26(36)37)16-38-15-18-4-2-1-3-5-18/h1-14,23H,15-16H2,(H,32,34)(H,33,35)(H,36,37)/t23-/m0/s1. The van der Waals surface area contributed by atoms with E-state index in [2.05, 4.69) is 26.6 Å². The molecule has 3 aromatic rings. The van der Waals surface area contributed by atoms with Crippen molar-refractivity contribution >= 4 is 51.6 Å². The van der Waals surface area contributed by atoms with Gasteiger partial charge >= 0.3 is 12.1 Å². The molecule has 0 unspecified atom stereocenters. The summed E-state index contributed by atoms with van der Waals surface area (Å²) in [6.45, 7) is 0. The lowest BCUT2D eigenvalue weighted by molar-refractivity contribution is -0.140. The zero-order valence-electron chi connectivity index (χ0n) is 19.7. The third-order valence-electron chi connectivity index (χ3n) is 5.15. The van der Waals surface area contributed by atoms with Gasteiger partial charge in [-0.3, -0.25) is 9.59 Å². The molecule has 0 bridgehead atoms. The Balaban J connectivity index is 1.77. The van der Waals surface area contributed by atoms with Crippen LogP contribution in [0.1, 0.15) is 27.0 Å². The van der Waals surface area contributed by atoms with Gasteiger partial charge < -0.3 is 15.7 Å². The molecule has 0 aliphatic carbocycles. The first-order valence-corrected chi connectivity index (χ1v) is 13.1. The second-order valence-electron chi connectivity index (χ2n) is 8.00. The van der Waals surface area contributed by atoms with Crippen molar-refractivity contribution < 1.29 is 32.7 Å². The van der Waals surface area contributed by atoms with E-state index in [1.54, 1.807) is 24.3 Å². The summed E-state index contributed by atoms with van der Waals surface area (Å²) in [6.07, 6.45) is -3.22. The molecule has 0 heterocycles. The molecule has 3 N–H and O–H groups in total. The highest BCUT2D eigenvalue weighted by Crippen LogP contribution is 2.29. The van der Waals surface area contributed by atoms with Crippen LogP contribution in [0.3, 0.4) is 0 Å². The summed E-state index contributed by atoms with van der Waals surface area (Å²) in [5.41, 5.74) is 0.218. The Hall–Kier alpha value is -3.57. The van der Waals surface area contributed by atoms with Gasteiger partial charge in [0.25, 0.3) is 11.8 Å². The maximum absolute atomic E-state index is 13.1. The minimum Gasteiger partial charge on any atom is -0.480 e. The summed E-state index contributed by atoms with van der Waals surface area (Å²) in [4.78, 5) is 37.7. The van der Waals surface area contributed by atoms with Crippen molar-refractivity contribution in [1.82, 2.24) is 10.6 Å². The molecule has 0 spiro atoms. The highest BCUT2D eigenvalue weighted by molar-refractivity contribution is 9.10. The number of amides is 2. The first kappa shape index (κ1) is 29.0. The Bertz CT molecular complexity index is 1300. The van der Waals surface area contributed by atoms with Gasteiger partial charge in [-0.25, -0.2) is 4.79 Å². The molecular formula is C27H22BrF3N2O4S. The lowest BCUT2D eigenvalue weighted by Gasteiger charge is -2.17. The summed E-state index contributed by atoms with van der Waals surface area (Å²) in [6, 6.07) is 18.4. The number of aliphatic carboxylic acids is 1. The molecule has 0 fully saturated rings. The molecule has 0 radical (unpaired) electrons. The van der Waals surface area contributed by atoms with Gasteiger partial charge in [0, 0.05) is 21.5 Å². The normalized spacial score (nSPS) is 12.5. The van der Waals surface area contributed by atoms with Crippen LogP contribution in [0.4, 0.5) is 13.2 Å². The molecule has 0 aromatic heterocycles. The van der Waals surface area contributed by atoms with Gasteiger partial charge in [-0.1, -0.05) is 58.4 Å². The van der Waals surface area contributed by atoms with Gasteiger partial charge in [-0.2, -0.15) is 24.9 Å². The highest BCUT2D eigenvalue weighted by Gasteiger charge is 2.30. The van der Waals surface area contributed by atoms with E-state index in [1.165, 1.54) is 17.8 Å². The van der Waals surface area contributed by atoms with Crippen molar-refractivity contribution in [3.05, 3.63) is 111 Å². The van der Waals surface area contributed by atoms with E-state index in [9.17, 15) is 32.7 Å². The topological polar surface area (TPSA) is 95.5 Å². The number of nitrogens with one attached hydrogen (secondary N) is 2. The van der Waals surface area contributed by atoms with Crippen LogP contribution in [-0.4, -0.2) is 34.7 Å². The van der Waals surface area contributed by atoms with Crippen molar-refractivity contribution in [1.29, 1.82) is 0 Å². The first-order valence-electron chi connectivity index (χ1n) is 11.1. The molecule has 3 aromatic carbocycles. The van der Waals surface area contributed by atoms with Crippen LogP contribution < -0.4 is 10.6 Å². The number of carboxylic acid groups (broad SMARTS) is 1. The number of halogens is 4. The van der Waals surface area contributed by atoms with Gasteiger partial charge in [0.2, 0.25) is 0 Å². The molecule has 0 aliphatic rings. The summed E-state index contributed by atoms with van der Waals surface area (Å²) in [5.74, 6) is -2.35. The van der Waals surface area contributed by atoms with Gasteiger partial charge in [-0.15, -0.1) is 0 Å². The maximum atomic E-state index is 13.1. The molecular weight excluding hydrogens is 585 g/mol. The Labute approximate surface area is 229 Å². The Morgan fingerprint density at radius 2 is 1.58 bits per heavy atom.